The Hall–Kier alpha value is -4.17. The van der Waals surface area contributed by atoms with Crippen LogP contribution in [0.15, 0.2) is 66.9 Å². The van der Waals surface area contributed by atoms with E-state index in [-0.39, 0.29) is 12.4 Å². The minimum absolute atomic E-state index is 0.0666. The first-order valence-electron chi connectivity index (χ1n) is 11.1. The molecule has 180 valence electrons. The maximum absolute atomic E-state index is 13.3. The van der Waals surface area contributed by atoms with E-state index in [2.05, 4.69) is 5.32 Å². The maximum atomic E-state index is 13.3. The maximum Gasteiger partial charge on any atom is 0.397 e. The van der Waals surface area contributed by atoms with E-state index < -0.39 is 23.8 Å². The molecular weight excluding hydrogens is 451 g/mol. The van der Waals surface area contributed by atoms with Crippen LogP contribution in [0.25, 0.3) is 10.9 Å². The molecular formula is C27H25FN2O5. The average Bonchev–Trinajstić information content (AvgIpc) is 3.27. The summed E-state index contributed by atoms with van der Waals surface area (Å²) in [7, 11) is 0. The highest BCUT2D eigenvalue weighted by atomic mass is 19.1. The molecule has 1 atom stereocenters. The summed E-state index contributed by atoms with van der Waals surface area (Å²) >= 11 is 0. The number of anilines is 1. The fourth-order valence-corrected chi connectivity index (χ4v) is 4.06. The number of aromatic nitrogens is 1. The van der Waals surface area contributed by atoms with Crippen LogP contribution in [-0.2, 0) is 20.9 Å². The Morgan fingerprint density at radius 1 is 1.09 bits per heavy atom. The molecule has 0 aliphatic carbocycles. The second-order valence-corrected chi connectivity index (χ2v) is 8.16. The standard InChI is InChI=1S/C27H25FN2O5/c1-3-35-27(34)26(33)29-22-10-4-16(2)24-20(22)12-13-30(24)15-17-5-11-23(31)21(14-17)25(32)18-6-8-19(28)9-7-18/h4-14,25,31-32H,3,15H2,1-2H3,(H,29,33). The third-order valence-electron chi connectivity index (χ3n) is 5.76. The van der Waals surface area contributed by atoms with Crippen molar-refractivity contribution in [3.05, 3.63) is 94.9 Å². The third kappa shape index (κ3) is 5.02. The fourth-order valence-electron chi connectivity index (χ4n) is 4.06. The topological polar surface area (TPSA) is 101 Å². The van der Waals surface area contributed by atoms with Crippen LogP contribution in [0.5, 0.6) is 5.75 Å². The van der Waals surface area contributed by atoms with Crippen LogP contribution in [0.4, 0.5) is 10.1 Å². The molecule has 7 nitrogen and oxygen atoms in total. The van der Waals surface area contributed by atoms with Gasteiger partial charge in [0, 0.05) is 23.7 Å². The van der Waals surface area contributed by atoms with Gasteiger partial charge in [-0.25, -0.2) is 9.18 Å². The average molecular weight is 477 g/mol. The largest absolute Gasteiger partial charge is 0.508 e. The number of benzene rings is 3. The summed E-state index contributed by atoms with van der Waals surface area (Å²) < 4.78 is 20.0. The highest BCUT2D eigenvalue weighted by Gasteiger charge is 2.19. The SMILES string of the molecule is CCOC(=O)C(=O)Nc1ccc(C)c2c1ccn2Cc1ccc(O)c(C(O)c2ccc(F)cc2)c1. The third-order valence-corrected chi connectivity index (χ3v) is 5.76. The first-order chi connectivity index (χ1) is 16.8. The van der Waals surface area contributed by atoms with E-state index >= 15 is 0 Å². The fraction of sp³-hybridized carbons (Fsp3) is 0.185. The monoisotopic (exact) mass is 476 g/mol. The molecule has 1 aromatic heterocycles. The molecule has 0 aliphatic rings. The number of aryl methyl sites for hydroxylation is 1. The number of carbonyl (C=O) groups excluding carboxylic acids is 2. The molecule has 0 radical (unpaired) electrons. The van der Waals surface area contributed by atoms with Crippen molar-refractivity contribution in [3.8, 4) is 5.75 Å². The summed E-state index contributed by atoms with van der Waals surface area (Å²) in [6.07, 6.45) is 0.740. The van der Waals surface area contributed by atoms with Crippen LogP contribution >= 0.6 is 0 Å². The van der Waals surface area contributed by atoms with Crippen LogP contribution in [0, 0.1) is 12.7 Å². The summed E-state index contributed by atoms with van der Waals surface area (Å²) in [6, 6.07) is 15.9. The van der Waals surface area contributed by atoms with Crippen molar-refractivity contribution in [1.82, 2.24) is 4.57 Å². The number of amides is 1. The Bertz CT molecular complexity index is 1390. The number of phenolic OH excluding ortho intramolecular Hbond substituents is 1. The van der Waals surface area contributed by atoms with E-state index in [0.717, 1.165) is 22.0 Å². The molecule has 1 heterocycles. The van der Waals surface area contributed by atoms with Gasteiger partial charge in [-0.15, -0.1) is 0 Å². The number of hydrogen-bond acceptors (Lipinski definition) is 5. The van der Waals surface area contributed by atoms with Gasteiger partial charge in [0.15, 0.2) is 0 Å². The lowest BCUT2D eigenvalue weighted by atomic mass is 9.98. The zero-order valence-corrected chi connectivity index (χ0v) is 19.3. The number of aliphatic hydroxyl groups is 1. The van der Waals surface area contributed by atoms with Gasteiger partial charge in [-0.1, -0.05) is 24.3 Å². The van der Waals surface area contributed by atoms with Crippen molar-refractivity contribution < 1.29 is 28.9 Å². The van der Waals surface area contributed by atoms with Crippen LogP contribution in [0.3, 0.4) is 0 Å². The minimum atomic E-state index is -1.12. The first-order valence-corrected chi connectivity index (χ1v) is 11.1. The lowest BCUT2D eigenvalue weighted by molar-refractivity contribution is -0.152. The highest BCUT2D eigenvalue weighted by Crippen LogP contribution is 2.32. The molecule has 8 heteroatoms. The van der Waals surface area contributed by atoms with E-state index in [4.69, 9.17) is 4.74 Å². The van der Waals surface area contributed by atoms with Gasteiger partial charge in [0.1, 0.15) is 17.7 Å². The smallest absolute Gasteiger partial charge is 0.397 e. The summed E-state index contributed by atoms with van der Waals surface area (Å²) in [5.74, 6) is -2.27. The van der Waals surface area contributed by atoms with E-state index in [9.17, 15) is 24.2 Å². The van der Waals surface area contributed by atoms with Crippen LogP contribution in [0.2, 0.25) is 0 Å². The second-order valence-electron chi connectivity index (χ2n) is 8.16. The number of esters is 1. The van der Waals surface area contributed by atoms with Crippen LogP contribution in [-0.4, -0.2) is 33.3 Å². The van der Waals surface area contributed by atoms with Gasteiger partial charge in [0.05, 0.1) is 17.8 Å². The number of hydrogen-bond donors (Lipinski definition) is 3. The molecule has 3 aromatic carbocycles. The van der Waals surface area contributed by atoms with E-state index in [0.29, 0.717) is 23.4 Å². The molecule has 4 aromatic rings. The van der Waals surface area contributed by atoms with Gasteiger partial charge in [-0.3, -0.25) is 4.79 Å². The summed E-state index contributed by atoms with van der Waals surface area (Å²) in [5, 5.41) is 24.5. The zero-order chi connectivity index (χ0) is 25.1. The number of halogens is 1. The predicted molar refractivity (Wildman–Crippen MR) is 130 cm³/mol. The van der Waals surface area contributed by atoms with Crippen molar-refractivity contribution in [2.75, 3.05) is 11.9 Å². The summed E-state index contributed by atoms with van der Waals surface area (Å²) in [6.45, 7) is 4.10. The summed E-state index contributed by atoms with van der Waals surface area (Å²) in [4.78, 5) is 23.9. The molecule has 4 rings (SSSR count). The normalized spacial score (nSPS) is 11.9. The molecule has 0 aliphatic heterocycles. The number of ether oxygens (including phenoxy) is 1. The van der Waals surface area contributed by atoms with Gasteiger partial charge >= 0.3 is 11.9 Å². The number of aliphatic hydroxyl groups excluding tert-OH is 1. The van der Waals surface area contributed by atoms with Crippen molar-refractivity contribution >= 4 is 28.5 Å². The van der Waals surface area contributed by atoms with Crippen molar-refractivity contribution in [3.63, 3.8) is 0 Å². The van der Waals surface area contributed by atoms with Crippen molar-refractivity contribution in [1.29, 1.82) is 0 Å². The minimum Gasteiger partial charge on any atom is -0.508 e. The van der Waals surface area contributed by atoms with Gasteiger partial charge in [0.25, 0.3) is 0 Å². The van der Waals surface area contributed by atoms with E-state index in [1.165, 1.54) is 30.3 Å². The Labute approximate surface area is 201 Å². The lowest BCUT2D eigenvalue weighted by Crippen LogP contribution is -2.25. The molecule has 0 bridgehead atoms. The van der Waals surface area contributed by atoms with Gasteiger partial charge < -0.3 is 24.8 Å². The number of aromatic hydroxyl groups is 1. The number of fused-ring (bicyclic) bond motifs is 1. The first kappa shape index (κ1) is 24.0. The van der Waals surface area contributed by atoms with Crippen molar-refractivity contribution in [2.24, 2.45) is 0 Å². The molecule has 0 fully saturated rings. The number of phenols is 1. The van der Waals surface area contributed by atoms with Gasteiger partial charge in [-0.2, -0.15) is 0 Å². The Morgan fingerprint density at radius 3 is 2.54 bits per heavy atom. The second kappa shape index (κ2) is 9.99. The number of carbonyl (C=O) groups is 2. The molecule has 1 amide bonds. The predicted octanol–water partition coefficient (Wildman–Crippen LogP) is 4.43. The lowest BCUT2D eigenvalue weighted by Gasteiger charge is -2.16. The van der Waals surface area contributed by atoms with E-state index in [1.54, 1.807) is 25.1 Å². The number of nitrogens with one attached hydrogen (secondary N) is 1. The number of nitrogens with zero attached hydrogens (tertiary/aromatic N) is 1. The quantitative estimate of drug-likeness (QED) is 0.282. The van der Waals surface area contributed by atoms with Crippen molar-refractivity contribution in [2.45, 2.75) is 26.5 Å². The molecule has 1 unspecified atom stereocenters. The molecule has 0 saturated carbocycles. The Morgan fingerprint density at radius 2 is 1.83 bits per heavy atom. The molecule has 35 heavy (non-hydrogen) atoms. The van der Waals surface area contributed by atoms with Crippen LogP contribution < -0.4 is 5.32 Å². The molecule has 0 saturated heterocycles. The molecule has 0 spiro atoms. The zero-order valence-electron chi connectivity index (χ0n) is 19.3. The highest BCUT2D eigenvalue weighted by molar-refractivity contribution is 6.38. The van der Waals surface area contributed by atoms with E-state index in [1.807, 2.05) is 29.8 Å². The van der Waals surface area contributed by atoms with Gasteiger partial charge in [0.2, 0.25) is 0 Å². The molecule has 3 N–H and O–H groups in total. The number of rotatable bonds is 6. The Kier molecular flexibility index (Phi) is 6.84. The van der Waals surface area contributed by atoms with Crippen LogP contribution in [0.1, 0.15) is 35.3 Å². The Balaban J connectivity index is 1.64. The van der Waals surface area contributed by atoms with Gasteiger partial charge in [-0.05, 0) is 66.9 Å². The summed E-state index contributed by atoms with van der Waals surface area (Å²) in [5.41, 5.74) is 3.90.